The quantitative estimate of drug-likeness (QED) is 0.431. The zero-order valence-electron chi connectivity index (χ0n) is 10.5. The molecular formula is C11H17N3O3S. The van der Waals surface area contributed by atoms with Crippen molar-refractivity contribution in [2.75, 3.05) is 4.72 Å². The molecule has 100 valence electrons. The Morgan fingerprint density at radius 1 is 1.28 bits per heavy atom. The number of benzene rings is 1. The molecule has 18 heavy (non-hydrogen) atoms. The van der Waals surface area contributed by atoms with Crippen LogP contribution in [0.5, 0.6) is 0 Å². The second kappa shape index (κ2) is 5.83. The number of rotatable bonds is 5. The van der Waals surface area contributed by atoms with Crippen LogP contribution in [0.4, 0.5) is 5.69 Å². The molecule has 7 heteroatoms. The molecule has 0 aliphatic heterocycles. The molecule has 0 aliphatic carbocycles. The summed E-state index contributed by atoms with van der Waals surface area (Å²) in [5.74, 6) is 0. The van der Waals surface area contributed by atoms with Gasteiger partial charge in [-0.15, -0.1) is 0 Å². The summed E-state index contributed by atoms with van der Waals surface area (Å²) in [7, 11) is -3.55. The van der Waals surface area contributed by atoms with Gasteiger partial charge < -0.3 is 5.21 Å². The lowest BCUT2D eigenvalue weighted by Crippen LogP contribution is -2.35. The molecule has 6 nitrogen and oxygen atoms in total. The van der Waals surface area contributed by atoms with Gasteiger partial charge in [0.2, 0.25) is 0 Å². The molecule has 0 saturated carbocycles. The molecule has 0 amide bonds. The van der Waals surface area contributed by atoms with Crippen LogP contribution in [0.1, 0.15) is 26.3 Å². The Kier molecular flexibility index (Phi) is 4.69. The molecule has 3 N–H and O–H groups in total. The highest BCUT2D eigenvalue weighted by molar-refractivity contribution is 7.90. The van der Waals surface area contributed by atoms with E-state index >= 15 is 0 Å². The first-order valence-electron chi connectivity index (χ1n) is 5.43. The van der Waals surface area contributed by atoms with Gasteiger partial charge >= 0.3 is 0 Å². The first-order valence-corrected chi connectivity index (χ1v) is 6.91. The van der Waals surface area contributed by atoms with Crippen LogP contribution in [0.15, 0.2) is 29.4 Å². The molecule has 0 unspecified atom stereocenters. The highest BCUT2D eigenvalue weighted by Crippen LogP contribution is 2.11. The van der Waals surface area contributed by atoms with Gasteiger partial charge in [0, 0.05) is 11.7 Å². The molecule has 1 aromatic rings. The topological polar surface area (TPSA) is 90.8 Å². The Balaban J connectivity index is 2.82. The van der Waals surface area contributed by atoms with Gasteiger partial charge in [0.1, 0.15) is 0 Å². The van der Waals surface area contributed by atoms with Crippen molar-refractivity contribution >= 4 is 21.6 Å². The predicted molar refractivity (Wildman–Crippen MR) is 71.3 cm³/mol. The maximum Gasteiger partial charge on any atom is 0.299 e. The van der Waals surface area contributed by atoms with Crippen LogP contribution in [0.25, 0.3) is 0 Å². The molecule has 0 radical (unpaired) electrons. The Morgan fingerprint density at radius 2 is 1.83 bits per heavy atom. The van der Waals surface area contributed by atoms with Crippen LogP contribution in [0, 0.1) is 0 Å². The molecule has 0 atom stereocenters. The van der Waals surface area contributed by atoms with Crippen molar-refractivity contribution in [3.8, 4) is 0 Å². The van der Waals surface area contributed by atoms with Gasteiger partial charge in [-0.25, -0.2) is 0 Å². The van der Waals surface area contributed by atoms with Gasteiger partial charge in [0.15, 0.2) is 0 Å². The second-order valence-electron chi connectivity index (χ2n) is 4.14. The van der Waals surface area contributed by atoms with Crippen LogP contribution in [-0.2, 0) is 10.2 Å². The fourth-order valence-corrected chi connectivity index (χ4v) is 2.46. The minimum absolute atomic E-state index is 0.175. The molecule has 1 aromatic carbocycles. The minimum atomic E-state index is -3.55. The average Bonchev–Trinajstić information content (AvgIpc) is 2.26. The molecular weight excluding hydrogens is 254 g/mol. The van der Waals surface area contributed by atoms with Crippen molar-refractivity contribution in [1.29, 1.82) is 0 Å². The average molecular weight is 271 g/mol. The third-order valence-electron chi connectivity index (χ3n) is 2.10. The van der Waals surface area contributed by atoms with E-state index in [4.69, 9.17) is 5.21 Å². The number of nitrogens with zero attached hydrogens (tertiary/aromatic N) is 1. The summed E-state index contributed by atoms with van der Waals surface area (Å²) in [6.07, 6.45) is 0. The number of hydrogen-bond donors (Lipinski definition) is 3. The van der Waals surface area contributed by atoms with E-state index in [1.54, 1.807) is 45.0 Å². The monoisotopic (exact) mass is 271 g/mol. The third-order valence-corrected chi connectivity index (χ3v) is 3.38. The van der Waals surface area contributed by atoms with Crippen LogP contribution >= 0.6 is 0 Å². The Morgan fingerprint density at radius 3 is 2.28 bits per heavy atom. The fourth-order valence-electron chi connectivity index (χ4n) is 1.33. The Hall–Kier alpha value is -1.60. The molecule has 0 fully saturated rings. The zero-order valence-corrected chi connectivity index (χ0v) is 11.3. The normalized spacial score (nSPS) is 12.8. The summed E-state index contributed by atoms with van der Waals surface area (Å²) in [5, 5.41) is 11.7. The van der Waals surface area contributed by atoms with Gasteiger partial charge in [-0.1, -0.05) is 17.3 Å². The Bertz CT molecular complexity index is 521. The smallest absolute Gasteiger partial charge is 0.299 e. The van der Waals surface area contributed by atoms with Crippen molar-refractivity contribution in [2.45, 2.75) is 26.8 Å². The van der Waals surface area contributed by atoms with E-state index < -0.39 is 10.2 Å². The SMILES string of the molecule is C/C(=N\O)c1ccc(NS(=O)(=O)NC(C)C)cc1. The standard InChI is InChI=1S/C11H17N3O3S/c1-8(2)13-18(16,17)14-11-6-4-10(5-7-11)9(3)12-15/h4-8,13-15H,1-3H3/b12-9+. The molecule has 0 spiro atoms. The van der Waals surface area contributed by atoms with Crippen LogP contribution in [-0.4, -0.2) is 25.4 Å². The first kappa shape index (κ1) is 14.5. The van der Waals surface area contributed by atoms with Crippen molar-refractivity contribution in [3.05, 3.63) is 29.8 Å². The first-order chi connectivity index (χ1) is 8.34. The van der Waals surface area contributed by atoms with E-state index in [0.717, 1.165) is 5.56 Å². The minimum Gasteiger partial charge on any atom is -0.411 e. The highest BCUT2D eigenvalue weighted by atomic mass is 32.2. The predicted octanol–water partition coefficient (Wildman–Crippen LogP) is 1.54. The largest absolute Gasteiger partial charge is 0.411 e. The summed E-state index contributed by atoms with van der Waals surface area (Å²) >= 11 is 0. The molecule has 1 rings (SSSR count). The summed E-state index contributed by atoms with van der Waals surface area (Å²) in [4.78, 5) is 0. The zero-order chi connectivity index (χ0) is 13.8. The van der Waals surface area contributed by atoms with E-state index in [1.807, 2.05) is 0 Å². The van der Waals surface area contributed by atoms with Gasteiger partial charge in [-0.05, 0) is 38.5 Å². The molecule has 0 heterocycles. The summed E-state index contributed by atoms with van der Waals surface area (Å²) in [6.45, 7) is 5.13. The molecule has 0 aliphatic rings. The molecule has 0 aromatic heterocycles. The van der Waals surface area contributed by atoms with Crippen molar-refractivity contribution in [3.63, 3.8) is 0 Å². The molecule has 0 bridgehead atoms. The summed E-state index contributed by atoms with van der Waals surface area (Å²) in [5.41, 5.74) is 1.62. The van der Waals surface area contributed by atoms with E-state index in [2.05, 4.69) is 14.6 Å². The van der Waals surface area contributed by atoms with Crippen molar-refractivity contribution in [2.24, 2.45) is 5.16 Å². The summed E-state index contributed by atoms with van der Waals surface area (Å²) < 4.78 is 28.0. The lowest BCUT2D eigenvalue weighted by molar-refractivity contribution is 0.319. The Labute approximate surface area is 107 Å². The van der Waals surface area contributed by atoms with Crippen LogP contribution < -0.4 is 9.44 Å². The van der Waals surface area contributed by atoms with E-state index in [9.17, 15) is 8.42 Å². The van der Waals surface area contributed by atoms with Crippen molar-refractivity contribution < 1.29 is 13.6 Å². The lowest BCUT2D eigenvalue weighted by Gasteiger charge is -2.11. The van der Waals surface area contributed by atoms with Gasteiger partial charge in [-0.3, -0.25) is 4.72 Å². The highest BCUT2D eigenvalue weighted by Gasteiger charge is 2.11. The number of nitrogens with one attached hydrogen (secondary N) is 2. The van der Waals surface area contributed by atoms with Crippen molar-refractivity contribution in [1.82, 2.24) is 4.72 Å². The third kappa shape index (κ3) is 4.34. The number of anilines is 1. The molecule has 0 saturated heterocycles. The fraction of sp³-hybridized carbons (Fsp3) is 0.364. The number of oxime groups is 1. The summed E-state index contributed by atoms with van der Waals surface area (Å²) in [6, 6.07) is 6.36. The van der Waals surface area contributed by atoms with E-state index in [-0.39, 0.29) is 6.04 Å². The van der Waals surface area contributed by atoms with Gasteiger partial charge in [-0.2, -0.15) is 13.1 Å². The van der Waals surface area contributed by atoms with E-state index in [0.29, 0.717) is 11.4 Å². The van der Waals surface area contributed by atoms with E-state index in [1.165, 1.54) is 0 Å². The second-order valence-corrected chi connectivity index (χ2v) is 5.59. The number of hydrogen-bond acceptors (Lipinski definition) is 4. The van der Waals surface area contributed by atoms with Crippen LogP contribution in [0.3, 0.4) is 0 Å². The lowest BCUT2D eigenvalue weighted by atomic mass is 10.1. The maximum atomic E-state index is 11.6. The maximum absolute atomic E-state index is 11.6. The van der Waals surface area contributed by atoms with Gasteiger partial charge in [0.05, 0.1) is 5.71 Å². The van der Waals surface area contributed by atoms with Gasteiger partial charge in [0.25, 0.3) is 10.2 Å². The van der Waals surface area contributed by atoms with Crippen LogP contribution in [0.2, 0.25) is 0 Å².